The van der Waals surface area contributed by atoms with Gasteiger partial charge in [-0.3, -0.25) is 0 Å². The first-order chi connectivity index (χ1) is 13.0. The molecule has 2 N–H and O–H groups in total. The van der Waals surface area contributed by atoms with E-state index in [4.69, 9.17) is 22.2 Å². The average Bonchev–Trinajstić information content (AvgIpc) is 2.66. The minimum Gasteiger partial charge on any atom is -0.359 e. The van der Waals surface area contributed by atoms with Crippen LogP contribution in [0.1, 0.15) is 39.5 Å². The molecule has 2 atom stereocenters. The van der Waals surface area contributed by atoms with Crippen molar-refractivity contribution in [3.63, 3.8) is 0 Å². The maximum atomic E-state index is 5.36. The van der Waals surface area contributed by atoms with E-state index < -0.39 is 0 Å². The van der Waals surface area contributed by atoms with Crippen LogP contribution in [0.5, 0.6) is 0 Å². The van der Waals surface area contributed by atoms with Crippen molar-refractivity contribution in [1.82, 2.24) is 15.3 Å². The number of anilines is 3. The lowest BCUT2D eigenvalue weighted by atomic mass is 10.00. The van der Waals surface area contributed by atoms with Gasteiger partial charge in [0.15, 0.2) is 5.11 Å². The maximum Gasteiger partial charge on any atom is 0.232 e. The minimum atomic E-state index is 0.525. The fourth-order valence-corrected chi connectivity index (χ4v) is 4.08. The van der Waals surface area contributed by atoms with Gasteiger partial charge >= 0.3 is 0 Å². The molecule has 1 aromatic rings. The van der Waals surface area contributed by atoms with Gasteiger partial charge < -0.3 is 20.4 Å². The highest BCUT2D eigenvalue weighted by molar-refractivity contribution is 7.80. The molecule has 2 aliphatic heterocycles. The third-order valence-electron chi connectivity index (χ3n) is 5.29. The summed E-state index contributed by atoms with van der Waals surface area (Å²) in [6.07, 6.45) is 6.78. The van der Waals surface area contributed by atoms with E-state index in [1.165, 1.54) is 25.7 Å². The van der Waals surface area contributed by atoms with Crippen LogP contribution in [0.2, 0.25) is 0 Å². The molecule has 148 valence electrons. The van der Waals surface area contributed by atoms with E-state index in [0.717, 1.165) is 37.8 Å². The molecule has 3 heterocycles. The standard InChI is InChI=1S/C20H32N6S/c1-4-9-21-20(27)24-19-22-17(25-10-5-7-15(2)13-25)12-18(23-19)26-11-6-8-16(3)14-26/h4,12,15-16H,1,5-11,13-14H2,2-3H3,(H2,21,22,23,24,27)/t15-,16-/m0/s1. The predicted molar refractivity (Wildman–Crippen MR) is 118 cm³/mol. The Balaban J connectivity index is 1.84. The highest BCUT2D eigenvalue weighted by Crippen LogP contribution is 2.28. The molecule has 6 nitrogen and oxygen atoms in total. The molecule has 0 radical (unpaired) electrons. The first-order valence-corrected chi connectivity index (χ1v) is 10.5. The molecular formula is C20H32N6S. The van der Waals surface area contributed by atoms with Crippen molar-refractivity contribution in [2.24, 2.45) is 11.8 Å². The fraction of sp³-hybridized carbons (Fsp3) is 0.650. The Morgan fingerprint density at radius 1 is 1.15 bits per heavy atom. The predicted octanol–water partition coefficient (Wildman–Crippen LogP) is 3.42. The molecule has 0 aliphatic carbocycles. The second kappa shape index (κ2) is 9.35. The van der Waals surface area contributed by atoms with Crippen molar-refractivity contribution in [3.8, 4) is 0 Å². The number of rotatable bonds is 5. The van der Waals surface area contributed by atoms with Crippen LogP contribution in [0.3, 0.4) is 0 Å². The molecule has 7 heteroatoms. The lowest BCUT2D eigenvalue weighted by molar-refractivity contribution is 0.441. The van der Waals surface area contributed by atoms with Crippen LogP contribution in [0.4, 0.5) is 17.6 Å². The Morgan fingerprint density at radius 3 is 2.19 bits per heavy atom. The molecule has 1 aromatic heterocycles. The lowest BCUT2D eigenvalue weighted by Crippen LogP contribution is -2.37. The third kappa shape index (κ3) is 5.54. The van der Waals surface area contributed by atoms with Crippen LogP contribution in [-0.2, 0) is 0 Å². The topological polar surface area (TPSA) is 56.3 Å². The van der Waals surface area contributed by atoms with Crippen molar-refractivity contribution in [1.29, 1.82) is 0 Å². The normalized spacial score (nSPS) is 23.0. The van der Waals surface area contributed by atoms with Gasteiger partial charge in [-0.25, -0.2) is 0 Å². The summed E-state index contributed by atoms with van der Waals surface area (Å²) in [5.41, 5.74) is 0. The summed E-state index contributed by atoms with van der Waals surface area (Å²) in [7, 11) is 0. The highest BCUT2D eigenvalue weighted by Gasteiger charge is 2.23. The Bertz CT molecular complexity index is 624. The van der Waals surface area contributed by atoms with Crippen molar-refractivity contribution < 1.29 is 0 Å². The van der Waals surface area contributed by atoms with E-state index in [1.54, 1.807) is 6.08 Å². The van der Waals surface area contributed by atoms with E-state index >= 15 is 0 Å². The SMILES string of the molecule is C=CCNC(=S)Nc1nc(N2CCC[C@H](C)C2)cc(N2CCC[C@H](C)C2)n1. The Hall–Kier alpha value is -1.89. The fourth-order valence-electron chi connectivity index (χ4n) is 3.91. The molecule has 3 rings (SSSR count). The first-order valence-electron chi connectivity index (χ1n) is 10.1. The number of hydrogen-bond acceptors (Lipinski definition) is 5. The molecular weight excluding hydrogens is 356 g/mol. The van der Waals surface area contributed by atoms with Crippen LogP contribution in [-0.4, -0.2) is 47.8 Å². The van der Waals surface area contributed by atoms with Crippen molar-refractivity contribution in [2.45, 2.75) is 39.5 Å². The zero-order chi connectivity index (χ0) is 19.2. The number of hydrogen-bond donors (Lipinski definition) is 2. The Kier molecular flexibility index (Phi) is 6.88. The van der Waals surface area contributed by atoms with E-state index in [1.807, 2.05) is 0 Å². The summed E-state index contributed by atoms with van der Waals surface area (Å²) < 4.78 is 0. The molecule has 27 heavy (non-hydrogen) atoms. The van der Waals surface area contributed by atoms with Crippen LogP contribution in [0, 0.1) is 11.8 Å². The van der Waals surface area contributed by atoms with Gasteiger partial charge in [0.2, 0.25) is 5.95 Å². The summed E-state index contributed by atoms with van der Waals surface area (Å²) in [5, 5.41) is 6.77. The van der Waals surface area contributed by atoms with Gasteiger partial charge in [-0.2, -0.15) is 9.97 Å². The van der Waals surface area contributed by atoms with Crippen molar-refractivity contribution >= 4 is 34.9 Å². The van der Waals surface area contributed by atoms with E-state index in [9.17, 15) is 0 Å². The zero-order valence-electron chi connectivity index (χ0n) is 16.6. The minimum absolute atomic E-state index is 0.525. The molecule has 0 amide bonds. The van der Waals surface area contributed by atoms with Gasteiger partial charge in [-0.15, -0.1) is 6.58 Å². The second-order valence-corrected chi connectivity index (χ2v) is 8.33. The number of thiocarbonyl (C=S) groups is 1. The molecule has 0 spiro atoms. The third-order valence-corrected chi connectivity index (χ3v) is 5.54. The molecule has 0 aromatic carbocycles. The van der Waals surface area contributed by atoms with Gasteiger partial charge in [0.25, 0.3) is 0 Å². The summed E-state index contributed by atoms with van der Waals surface area (Å²) in [4.78, 5) is 14.3. The monoisotopic (exact) mass is 388 g/mol. The quantitative estimate of drug-likeness (QED) is 0.592. The summed E-state index contributed by atoms with van der Waals surface area (Å²) in [6, 6.07) is 2.15. The largest absolute Gasteiger partial charge is 0.359 e. The van der Waals surface area contributed by atoms with Gasteiger partial charge in [0.1, 0.15) is 11.6 Å². The Morgan fingerprint density at radius 2 is 1.70 bits per heavy atom. The van der Waals surface area contributed by atoms with Gasteiger partial charge in [-0.05, 0) is 49.7 Å². The van der Waals surface area contributed by atoms with Crippen LogP contribution in [0.25, 0.3) is 0 Å². The summed E-state index contributed by atoms with van der Waals surface area (Å²) >= 11 is 5.36. The lowest BCUT2D eigenvalue weighted by Gasteiger charge is -2.35. The zero-order valence-corrected chi connectivity index (χ0v) is 17.4. The van der Waals surface area contributed by atoms with Crippen molar-refractivity contribution in [3.05, 3.63) is 18.7 Å². The second-order valence-electron chi connectivity index (χ2n) is 7.92. The van der Waals surface area contributed by atoms with Crippen LogP contribution in [0.15, 0.2) is 18.7 Å². The highest BCUT2D eigenvalue weighted by atomic mass is 32.1. The summed E-state index contributed by atoms with van der Waals surface area (Å²) in [6.45, 7) is 13.2. The molecule has 0 unspecified atom stereocenters. The summed E-state index contributed by atoms with van der Waals surface area (Å²) in [5.74, 6) is 3.95. The molecule has 2 saturated heterocycles. The number of nitrogens with one attached hydrogen (secondary N) is 2. The van der Waals surface area contributed by atoms with Gasteiger partial charge in [-0.1, -0.05) is 19.9 Å². The Labute approximate surface area is 168 Å². The smallest absolute Gasteiger partial charge is 0.232 e. The molecule has 2 aliphatic rings. The number of aromatic nitrogens is 2. The van der Waals surface area contributed by atoms with Gasteiger partial charge in [0, 0.05) is 38.8 Å². The van der Waals surface area contributed by atoms with Crippen LogP contribution < -0.4 is 20.4 Å². The number of piperidine rings is 2. The maximum absolute atomic E-state index is 5.36. The van der Waals surface area contributed by atoms with Gasteiger partial charge in [0.05, 0.1) is 0 Å². The van der Waals surface area contributed by atoms with E-state index in [2.05, 4.69) is 46.9 Å². The van der Waals surface area contributed by atoms with E-state index in [-0.39, 0.29) is 0 Å². The molecule has 0 saturated carbocycles. The average molecular weight is 389 g/mol. The van der Waals surface area contributed by atoms with E-state index in [0.29, 0.717) is 29.4 Å². The molecule has 0 bridgehead atoms. The first kappa shape index (κ1) is 19.9. The number of nitrogens with zero attached hydrogens (tertiary/aromatic N) is 4. The molecule has 2 fully saturated rings. The van der Waals surface area contributed by atoms with Crippen molar-refractivity contribution in [2.75, 3.05) is 47.8 Å². The van der Waals surface area contributed by atoms with Crippen LogP contribution >= 0.6 is 12.2 Å².